The number of imide groups is 1. The van der Waals surface area contributed by atoms with Crippen molar-refractivity contribution in [1.29, 1.82) is 0 Å². The molecule has 6 rings (SSSR count). The number of carbonyl (C=O) groups is 3. The number of para-hydroxylation sites is 1. The van der Waals surface area contributed by atoms with E-state index in [1.807, 2.05) is 18.2 Å². The lowest BCUT2D eigenvalue weighted by atomic mass is 9.75. The second kappa shape index (κ2) is 6.36. The van der Waals surface area contributed by atoms with Crippen molar-refractivity contribution in [2.24, 2.45) is 11.8 Å². The second-order valence-corrected chi connectivity index (χ2v) is 9.15. The molecule has 1 unspecified atom stereocenters. The minimum Gasteiger partial charge on any atom is -0.320 e. The van der Waals surface area contributed by atoms with E-state index >= 15 is 0 Å². The molecule has 2 aromatic carbocycles. The van der Waals surface area contributed by atoms with Gasteiger partial charge in [0.05, 0.1) is 27.9 Å². The second-order valence-electron chi connectivity index (χ2n) is 8.74. The zero-order chi connectivity index (χ0) is 22.4. The normalized spacial score (nSPS) is 32.3. The van der Waals surface area contributed by atoms with Crippen LogP contribution >= 0.6 is 11.6 Å². The van der Waals surface area contributed by atoms with Gasteiger partial charge in [0, 0.05) is 30.5 Å². The summed E-state index contributed by atoms with van der Waals surface area (Å²) < 4.78 is 0. The molecule has 2 N–H and O–H groups in total. The average molecular weight is 454 g/mol. The summed E-state index contributed by atoms with van der Waals surface area (Å²) >= 11 is 6.29. The van der Waals surface area contributed by atoms with E-state index in [4.69, 9.17) is 11.6 Å². The van der Waals surface area contributed by atoms with E-state index in [2.05, 4.69) is 5.32 Å². The summed E-state index contributed by atoms with van der Waals surface area (Å²) in [7, 11) is 0. The highest BCUT2D eigenvalue weighted by atomic mass is 35.5. The van der Waals surface area contributed by atoms with Crippen molar-refractivity contribution in [2.75, 3.05) is 16.8 Å². The molecule has 1 spiro atoms. The van der Waals surface area contributed by atoms with Crippen LogP contribution in [0.25, 0.3) is 0 Å². The van der Waals surface area contributed by atoms with Crippen molar-refractivity contribution < 1.29 is 24.2 Å². The number of non-ortho nitro benzene ring substituents is 1. The first kappa shape index (κ1) is 19.4. The Labute approximate surface area is 187 Å². The number of nitrogens with zero attached hydrogens (tertiary/aromatic N) is 2. The minimum absolute atomic E-state index is 0.00773. The first-order chi connectivity index (χ1) is 15.4. The Morgan fingerprint density at radius 3 is 2.72 bits per heavy atom. The average Bonchev–Trinajstić information content (AvgIpc) is 3.47. The molecule has 3 saturated heterocycles. The molecule has 3 fully saturated rings. The van der Waals surface area contributed by atoms with Crippen molar-refractivity contribution in [3.8, 4) is 0 Å². The van der Waals surface area contributed by atoms with Crippen LogP contribution in [0.5, 0.6) is 0 Å². The number of rotatable bonds is 2. The number of carbonyl (C=O) groups excluding carboxylic acids is 3. The highest BCUT2D eigenvalue weighted by molar-refractivity contribution is 6.36. The van der Waals surface area contributed by atoms with Crippen LogP contribution in [-0.2, 0) is 19.9 Å². The Kier molecular flexibility index (Phi) is 3.86. The number of anilines is 2. The quantitative estimate of drug-likeness (QED) is 0.403. The molecule has 3 amide bonds. The van der Waals surface area contributed by atoms with Crippen LogP contribution in [0.2, 0.25) is 5.02 Å². The zero-order valence-electron chi connectivity index (χ0n) is 16.7. The van der Waals surface area contributed by atoms with Gasteiger partial charge in [0.2, 0.25) is 17.4 Å². The Morgan fingerprint density at radius 2 is 1.94 bits per heavy atom. The number of quaternary nitrogens is 1. The maximum atomic E-state index is 13.9. The van der Waals surface area contributed by atoms with E-state index < -0.39 is 34.1 Å². The van der Waals surface area contributed by atoms with Gasteiger partial charge in [-0.25, -0.2) is 4.90 Å². The van der Waals surface area contributed by atoms with Gasteiger partial charge in [-0.2, -0.15) is 0 Å². The molecule has 5 atom stereocenters. The van der Waals surface area contributed by atoms with Crippen LogP contribution in [-0.4, -0.2) is 35.2 Å². The molecule has 162 valence electrons. The highest BCUT2D eigenvalue weighted by Gasteiger charge is 2.78. The Balaban J connectivity index is 1.55. The molecule has 32 heavy (non-hydrogen) atoms. The maximum absolute atomic E-state index is 13.9. The fraction of sp³-hybridized carbons (Fsp3) is 0.318. The summed E-state index contributed by atoms with van der Waals surface area (Å²) in [5, 5.41) is 14.3. The molecule has 2 aromatic rings. The van der Waals surface area contributed by atoms with Crippen molar-refractivity contribution >= 4 is 46.4 Å². The Bertz CT molecular complexity index is 1250. The van der Waals surface area contributed by atoms with Gasteiger partial charge in [-0.3, -0.25) is 24.5 Å². The van der Waals surface area contributed by atoms with Gasteiger partial charge in [-0.15, -0.1) is 0 Å². The summed E-state index contributed by atoms with van der Waals surface area (Å²) in [4.78, 5) is 53.7. The van der Waals surface area contributed by atoms with E-state index in [1.165, 1.54) is 12.1 Å². The highest BCUT2D eigenvalue weighted by Crippen LogP contribution is 2.52. The third kappa shape index (κ3) is 2.14. The van der Waals surface area contributed by atoms with Crippen molar-refractivity contribution in [3.63, 3.8) is 0 Å². The van der Waals surface area contributed by atoms with Crippen LogP contribution < -0.4 is 15.1 Å². The van der Waals surface area contributed by atoms with Crippen molar-refractivity contribution in [3.05, 3.63) is 63.2 Å². The van der Waals surface area contributed by atoms with Gasteiger partial charge in [-0.05, 0) is 12.1 Å². The van der Waals surface area contributed by atoms with Gasteiger partial charge < -0.3 is 10.2 Å². The summed E-state index contributed by atoms with van der Waals surface area (Å²) in [6, 6.07) is 10.8. The smallest absolute Gasteiger partial charge is 0.291 e. The van der Waals surface area contributed by atoms with Gasteiger partial charge in [0.25, 0.3) is 11.6 Å². The number of nitro benzene ring substituents is 1. The third-order valence-electron chi connectivity index (χ3n) is 7.51. The summed E-state index contributed by atoms with van der Waals surface area (Å²) in [6.45, 7) is 0.692. The van der Waals surface area contributed by atoms with Gasteiger partial charge in [-0.1, -0.05) is 29.8 Å². The first-order valence-electron chi connectivity index (χ1n) is 10.5. The number of hydrogen-bond donors (Lipinski definition) is 2. The molecule has 4 aliphatic rings. The largest absolute Gasteiger partial charge is 0.320 e. The fourth-order valence-electron chi connectivity index (χ4n) is 6.44. The van der Waals surface area contributed by atoms with Gasteiger partial charge in [0.15, 0.2) is 0 Å². The van der Waals surface area contributed by atoms with E-state index in [0.717, 1.165) is 34.3 Å². The summed E-state index contributed by atoms with van der Waals surface area (Å²) in [5.74, 6) is -2.83. The number of benzene rings is 2. The van der Waals surface area contributed by atoms with Gasteiger partial charge in [0.1, 0.15) is 17.9 Å². The monoisotopic (exact) mass is 453 g/mol. The number of fused-ring (bicyclic) bond motifs is 7. The van der Waals surface area contributed by atoms with Crippen LogP contribution in [0, 0.1) is 22.0 Å². The lowest BCUT2D eigenvalue weighted by Crippen LogP contribution is -3.19. The van der Waals surface area contributed by atoms with Crippen molar-refractivity contribution in [2.45, 2.75) is 24.4 Å². The first-order valence-corrected chi connectivity index (χ1v) is 10.8. The topological polar surface area (TPSA) is 114 Å². The number of amides is 3. The molecule has 0 aliphatic carbocycles. The standard InChI is InChI=1S/C22H17ClN4O5/c23-13-8-7-11(27(31)32)10-16(13)26-19(28)17-15-6-3-9-25(15)22(18(17)20(26)29)12-4-1-2-5-14(12)24-21(22)30/h1-2,4-5,7-8,10,15,17-18H,3,6,9H2,(H,24,30)/p+1/t15-,17+,18-,22-/m0/s1. The predicted octanol–water partition coefficient (Wildman–Crippen LogP) is 1.26. The third-order valence-corrected chi connectivity index (χ3v) is 7.83. The van der Waals surface area contributed by atoms with Crippen LogP contribution in [0.4, 0.5) is 17.1 Å². The number of nitrogens with one attached hydrogen (secondary N) is 2. The van der Waals surface area contributed by atoms with Crippen LogP contribution in [0.15, 0.2) is 42.5 Å². The molecular weight excluding hydrogens is 436 g/mol. The lowest BCUT2D eigenvalue weighted by Gasteiger charge is -2.33. The molecule has 0 aromatic heterocycles. The summed E-state index contributed by atoms with van der Waals surface area (Å²) in [6.07, 6.45) is 1.57. The molecule has 9 nitrogen and oxygen atoms in total. The Hall–Kier alpha value is -3.30. The van der Waals surface area contributed by atoms with E-state index in [9.17, 15) is 24.5 Å². The molecule has 4 heterocycles. The molecule has 0 bridgehead atoms. The minimum atomic E-state index is -1.20. The van der Waals surface area contributed by atoms with Crippen molar-refractivity contribution in [1.82, 2.24) is 0 Å². The van der Waals surface area contributed by atoms with E-state index in [1.54, 1.807) is 6.07 Å². The maximum Gasteiger partial charge on any atom is 0.291 e. The molecule has 10 heteroatoms. The van der Waals surface area contributed by atoms with Crippen LogP contribution in [0.1, 0.15) is 18.4 Å². The molecule has 0 saturated carbocycles. The molecule has 4 aliphatic heterocycles. The number of nitro groups is 1. The SMILES string of the molecule is O=C1[C@H]2[C@@H](C(=O)N1c1cc([N+](=O)[O-])ccc1Cl)[C@@]1(C(=O)Nc3ccccc31)[NH+]1CCC[C@@H]21. The summed E-state index contributed by atoms with van der Waals surface area (Å²) in [5.41, 5.74) is -0.0895. The predicted molar refractivity (Wildman–Crippen MR) is 113 cm³/mol. The number of halogens is 1. The van der Waals surface area contributed by atoms with E-state index in [0.29, 0.717) is 12.2 Å². The molecule has 0 radical (unpaired) electrons. The fourth-order valence-corrected chi connectivity index (χ4v) is 6.64. The van der Waals surface area contributed by atoms with Crippen LogP contribution in [0.3, 0.4) is 0 Å². The Morgan fingerprint density at radius 1 is 1.16 bits per heavy atom. The lowest BCUT2D eigenvalue weighted by molar-refractivity contribution is -0.948. The molecular formula is C22H18ClN4O5+. The van der Waals surface area contributed by atoms with E-state index in [-0.39, 0.29) is 28.3 Å². The number of hydrogen-bond acceptors (Lipinski definition) is 5. The van der Waals surface area contributed by atoms with Gasteiger partial charge >= 0.3 is 0 Å². The zero-order valence-corrected chi connectivity index (χ0v) is 17.5.